The van der Waals surface area contributed by atoms with Crippen molar-refractivity contribution in [2.24, 2.45) is 11.3 Å². The van der Waals surface area contributed by atoms with Gasteiger partial charge in [0.15, 0.2) is 0 Å². The monoisotopic (exact) mass is 222 g/mol. The Kier molecular flexibility index (Phi) is 2.38. The van der Waals surface area contributed by atoms with Crippen LogP contribution in [-0.2, 0) is 0 Å². The lowest BCUT2D eigenvalue weighted by atomic mass is 10.0. The lowest BCUT2D eigenvalue weighted by Gasteiger charge is -2.31. The van der Waals surface area contributed by atoms with Gasteiger partial charge in [-0.2, -0.15) is 0 Å². The minimum atomic E-state index is 0.353. The van der Waals surface area contributed by atoms with Gasteiger partial charge in [0, 0.05) is 24.7 Å². The number of nitrogens with one attached hydrogen (secondary N) is 1. The van der Waals surface area contributed by atoms with E-state index in [1.807, 2.05) is 0 Å². The summed E-state index contributed by atoms with van der Waals surface area (Å²) >= 11 is 0. The summed E-state index contributed by atoms with van der Waals surface area (Å²) < 4.78 is 0. The first kappa shape index (κ1) is 11.0. The molecule has 2 nitrogen and oxygen atoms in total. The summed E-state index contributed by atoms with van der Waals surface area (Å²) in [5, 5.41) is 3.86. The first-order valence-electron chi connectivity index (χ1n) is 6.98. The van der Waals surface area contributed by atoms with Crippen molar-refractivity contribution < 1.29 is 0 Å². The van der Waals surface area contributed by atoms with E-state index in [-0.39, 0.29) is 0 Å². The molecule has 0 radical (unpaired) electrons. The van der Waals surface area contributed by atoms with Crippen molar-refractivity contribution in [3.63, 3.8) is 0 Å². The van der Waals surface area contributed by atoms with Gasteiger partial charge in [0.05, 0.1) is 0 Å². The Morgan fingerprint density at radius 1 is 1.25 bits per heavy atom. The molecule has 0 aromatic carbocycles. The third kappa shape index (κ3) is 2.02. The molecule has 0 bridgehead atoms. The fourth-order valence-electron chi connectivity index (χ4n) is 3.06. The molecule has 3 rings (SSSR count). The Morgan fingerprint density at radius 2 is 1.94 bits per heavy atom. The zero-order valence-electron chi connectivity index (χ0n) is 11.1. The van der Waals surface area contributed by atoms with E-state index in [4.69, 9.17) is 0 Å². The third-order valence-corrected chi connectivity index (χ3v) is 4.84. The van der Waals surface area contributed by atoms with Crippen molar-refractivity contribution in [1.29, 1.82) is 0 Å². The molecule has 2 aliphatic carbocycles. The molecular formula is C14H26N2. The van der Waals surface area contributed by atoms with Crippen LogP contribution in [0.2, 0.25) is 0 Å². The van der Waals surface area contributed by atoms with Gasteiger partial charge in [-0.15, -0.1) is 0 Å². The van der Waals surface area contributed by atoms with Crippen molar-refractivity contribution in [2.45, 2.75) is 58.0 Å². The fourth-order valence-corrected chi connectivity index (χ4v) is 3.06. The van der Waals surface area contributed by atoms with Crippen LogP contribution in [0, 0.1) is 11.3 Å². The molecule has 0 aromatic heterocycles. The predicted octanol–water partition coefficient (Wildman–Crippen LogP) is 2.25. The summed E-state index contributed by atoms with van der Waals surface area (Å²) in [4.78, 5) is 2.69. The van der Waals surface area contributed by atoms with Gasteiger partial charge in [-0.1, -0.05) is 0 Å². The summed E-state index contributed by atoms with van der Waals surface area (Å²) in [7, 11) is 0. The van der Waals surface area contributed by atoms with Crippen LogP contribution in [0.15, 0.2) is 0 Å². The molecule has 2 heteroatoms. The Bertz CT molecular complexity index is 271. The normalized spacial score (nSPS) is 33.6. The van der Waals surface area contributed by atoms with Crippen molar-refractivity contribution in [2.75, 3.05) is 19.6 Å². The molecule has 1 atom stereocenters. The zero-order chi connectivity index (χ0) is 11.4. The highest BCUT2D eigenvalue weighted by atomic mass is 15.3. The summed E-state index contributed by atoms with van der Waals surface area (Å²) in [5.74, 6) is 1.01. The average molecular weight is 222 g/mol. The molecule has 1 aliphatic heterocycles. The highest BCUT2D eigenvalue weighted by molar-refractivity contribution is 5.11. The smallest absolute Gasteiger partial charge is 0.0263 e. The van der Waals surface area contributed by atoms with Gasteiger partial charge in [0.1, 0.15) is 0 Å². The Labute approximate surface area is 99.8 Å². The quantitative estimate of drug-likeness (QED) is 0.788. The van der Waals surface area contributed by atoms with Gasteiger partial charge < -0.3 is 5.32 Å². The van der Waals surface area contributed by atoms with E-state index >= 15 is 0 Å². The van der Waals surface area contributed by atoms with Gasteiger partial charge >= 0.3 is 0 Å². The van der Waals surface area contributed by atoms with Gasteiger partial charge in [0.25, 0.3) is 0 Å². The maximum atomic E-state index is 3.86. The number of hydrogen-bond acceptors (Lipinski definition) is 2. The van der Waals surface area contributed by atoms with Crippen LogP contribution in [0.5, 0.6) is 0 Å². The average Bonchev–Trinajstić information content (AvgIpc) is 3.02. The number of hydrogen-bond donors (Lipinski definition) is 1. The molecule has 1 spiro atoms. The van der Waals surface area contributed by atoms with Crippen molar-refractivity contribution >= 4 is 0 Å². The predicted molar refractivity (Wildman–Crippen MR) is 67.5 cm³/mol. The molecule has 3 aliphatic rings. The molecule has 92 valence electrons. The maximum Gasteiger partial charge on any atom is 0.0263 e. The second-order valence-electron chi connectivity index (χ2n) is 7.32. The van der Waals surface area contributed by atoms with Crippen LogP contribution in [-0.4, -0.2) is 36.1 Å². The molecule has 1 heterocycles. The van der Waals surface area contributed by atoms with Gasteiger partial charge in [-0.05, 0) is 64.3 Å². The van der Waals surface area contributed by atoms with E-state index in [9.17, 15) is 0 Å². The van der Waals surface area contributed by atoms with Crippen LogP contribution < -0.4 is 5.32 Å². The van der Waals surface area contributed by atoms with Crippen LogP contribution in [0.3, 0.4) is 0 Å². The van der Waals surface area contributed by atoms with E-state index in [0.29, 0.717) is 11.0 Å². The van der Waals surface area contributed by atoms with Crippen molar-refractivity contribution in [3.8, 4) is 0 Å². The standard InChI is InChI=1S/C14H26N2/c1-13(2,3)16-9-12(14(10-16)6-7-14)15-8-11-4-5-11/h11-12,15H,4-10H2,1-3H3/t12-/m0/s1. The summed E-state index contributed by atoms with van der Waals surface area (Å²) in [6, 6.07) is 0.785. The third-order valence-electron chi connectivity index (χ3n) is 4.84. The van der Waals surface area contributed by atoms with E-state index in [2.05, 4.69) is 31.0 Å². The topological polar surface area (TPSA) is 15.3 Å². The highest BCUT2D eigenvalue weighted by Gasteiger charge is 2.56. The number of rotatable bonds is 3. The highest BCUT2D eigenvalue weighted by Crippen LogP contribution is 2.54. The summed E-state index contributed by atoms with van der Waals surface area (Å²) in [6.07, 6.45) is 5.86. The fraction of sp³-hybridized carbons (Fsp3) is 1.00. The molecule has 2 saturated carbocycles. The van der Waals surface area contributed by atoms with Crippen molar-refractivity contribution in [3.05, 3.63) is 0 Å². The summed E-state index contributed by atoms with van der Waals surface area (Å²) in [6.45, 7) is 10.9. The van der Waals surface area contributed by atoms with Crippen LogP contribution >= 0.6 is 0 Å². The Hall–Kier alpha value is -0.0800. The first-order valence-corrected chi connectivity index (χ1v) is 6.98. The largest absolute Gasteiger partial charge is 0.312 e. The lowest BCUT2D eigenvalue weighted by molar-refractivity contribution is 0.164. The van der Waals surface area contributed by atoms with Crippen LogP contribution in [0.4, 0.5) is 0 Å². The van der Waals surface area contributed by atoms with E-state index in [1.165, 1.54) is 45.3 Å². The SMILES string of the molecule is CC(C)(C)N1C[C@H](NCC2CC2)C2(CC2)C1. The minimum Gasteiger partial charge on any atom is -0.312 e. The molecule has 1 N–H and O–H groups in total. The van der Waals surface area contributed by atoms with E-state index in [1.54, 1.807) is 0 Å². The zero-order valence-corrected chi connectivity index (χ0v) is 11.1. The first-order chi connectivity index (χ1) is 7.50. The molecule has 16 heavy (non-hydrogen) atoms. The molecule has 0 amide bonds. The molecule has 0 aromatic rings. The molecule has 3 fully saturated rings. The van der Waals surface area contributed by atoms with Crippen LogP contribution in [0.25, 0.3) is 0 Å². The van der Waals surface area contributed by atoms with Gasteiger partial charge in [-0.3, -0.25) is 4.90 Å². The Morgan fingerprint density at radius 3 is 2.44 bits per heavy atom. The molecule has 0 unspecified atom stereocenters. The maximum absolute atomic E-state index is 3.86. The van der Waals surface area contributed by atoms with E-state index in [0.717, 1.165) is 12.0 Å². The van der Waals surface area contributed by atoms with E-state index < -0.39 is 0 Å². The number of nitrogens with zero attached hydrogens (tertiary/aromatic N) is 1. The second kappa shape index (κ2) is 3.46. The van der Waals surface area contributed by atoms with Gasteiger partial charge in [0.2, 0.25) is 0 Å². The second-order valence-corrected chi connectivity index (χ2v) is 7.32. The van der Waals surface area contributed by atoms with Crippen LogP contribution in [0.1, 0.15) is 46.5 Å². The van der Waals surface area contributed by atoms with Crippen molar-refractivity contribution in [1.82, 2.24) is 10.2 Å². The summed E-state index contributed by atoms with van der Waals surface area (Å²) in [5.41, 5.74) is 1.02. The van der Waals surface area contributed by atoms with Gasteiger partial charge in [-0.25, -0.2) is 0 Å². The number of likely N-dealkylation sites (tertiary alicyclic amines) is 1. The molecule has 1 saturated heterocycles. The minimum absolute atomic E-state index is 0.353. The lowest BCUT2D eigenvalue weighted by Crippen LogP contribution is -2.42. The Balaban J connectivity index is 1.60. The molecular weight excluding hydrogens is 196 g/mol.